The number of carbonyl (C=O) groups is 4. The zero-order valence-electron chi connectivity index (χ0n) is 20.9. The van der Waals surface area contributed by atoms with Crippen molar-refractivity contribution in [2.24, 2.45) is 0 Å². The number of ether oxygens (including phenoxy) is 5. The van der Waals surface area contributed by atoms with Gasteiger partial charge >= 0.3 is 17.9 Å². The van der Waals surface area contributed by atoms with Gasteiger partial charge in [0.25, 0.3) is 0 Å². The smallest absolute Gasteiger partial charge is 0.302 e. The third-order valence-electron chi connectivity index (χ3n) is 5.30. The molecule has 1 atom stereocenters. The van der Waals surface area contributed by atoms with E-state index in [2.05, 4.69) is 5.32 Å². The zero-order valence-corrected chi connectivity index (χ0v) is 20.9. The first-order valence-corrected chi connectivity index (χ1v) is 12.2. The number of carbonyl (C=O) groups excluding carboxylic acids is 4. The van der Waals surface area contributed by atoms with E-state index in [4.69, 9.17) is 23.7 Å². The number of hydrogen-bond donors (Lipinski definition) is 1. The first kappa shape index (κ1) is 29.8. The van der Waals surface area contributed by atoms with Crippen molar-refractivity contribution in [1.82, 2.24) is 5.32 Å². The van der Waals surface area contributed by atoms with Gasteiger partial charge in [-0.3, -0.25) is 19.2 Å². The molecule has 0 aromatic heterocycles. The molecule has 0 bridgehead atoms. The topological polar surface area (TPSA) is 126 Å². The predicted molar refractivity (Wildman–Crippen MR) is 123 cm³/mol. The molecular weight excluding hydrogens is 446 g/mol. The second-order valence-corrected chi connectivity index (χ2v) is 8.71. The lowest BCUT2D eigenvalue weighted by Crippen LogP contribution is -2.59. The maximum Gasteiger partial charge on any atom is 0.302 e. The first-order valence-electron chi connectivity index (χ1n) is 12.2. The maximum absolute atomic E-state index is 12.6. The summed E-state index contributed by atoms with van der Waals surface area (Å²) < 4.78 is 26.4. The number of rotatable bonds is 17. The average Bonchev–Trinajstić information content (AvgIpc) is 2.79. The van der Waals surface area contributed by atoms with Gasteiger partial charge in [0.2, 0.25) is 5.91 Å². The summed E-state index contributed by atoms with van der Waals surface area (Å²) in [6, 6.07) is 0. The maximum atomic E-state index is 12.6. The molecule has 1 saturated heterocycles. The predicted octanol–water partition coefficient (Wildman–Crippen LogP) is 2.80. The average molecular weight is 488 g/mol. The van der Waals surface area contributed by atoms with E-state index in [1.165, 1.54) is 20.8 Å². The van der Waals surface area contributed by atoms with Gasteiger partial charge in [0.1, 0.15) is 25.4 Å². The van der Waals surface area contributed by atoms with Crippen LogP contribution >= 0.6 is 0 Å². The highest BCUT2D eigenvalue weighted by atomic mass is 16.7. The summed E-state index contributed by atoms with van der Waals surface area (Å²) in [6.07, 6.45) is 9.17. The molecule has 10 nitrogen and oxygen atoms in total. The van der Waals surface area contributed by atoms with Crippen LogP contribution in [0.25, 0.3) is 0 Å². The standard InChI is InChI=1S/C24H41NO9/c1-19(26)32-16-24(17-33-20(2)27,18-34-21(3)28)25-22(29)12-8-6-4-5-7-10-14-30-23-13-9-11-15-31-23/h23H,4-18H2,1-3H3,(H,25,29). The fourth-order valence-corrected chi connectivity index (χ4v) is 3.46. The molecule has 1 amide bonds. The molecule has 1 aliphatic rings. The number of unbranched alkanes of at least 4 members (excludes halogenated alkanes) is 5. The number of amides is 1. The quantitative estimate of drug-likeness (QED) is 0.187. The summed E-state index contributed by atoms with van der Waals surface area (Å²) in [5, 5.41) is 2.75. The van der Waals surface area contributed by atoms with Gasteiger partial charge in [0, 0.05) is 40.4 Å². The highest BCUT2D eigenvalue weighted by Crippen LogP contribution is 2.15. The Labute approximate surface area is 202 Å². The van der Waals surface area contributed by atoms with E-state index in [1.54, 1.807) is 0 Å². The molecule has 0 aromatic carbocycles. The van der Waals surface area contributed by atoms with Crippen LogP contribution in [0.1, 0.15) is 85.0 Å². The van der Waals surface area contributed by atoms with Gasteiger partial charge in [-0.05, 0) is 32.1 Å². The van der Waals surface area contributed by atoms with Gasteiger partial charge in [-0.25, -0.2) is 0 Å². The Morgan fingerprint density at radius 2 is 1.32 bits per heavy atom. The summed E-state index contributed by atoms with van der Waals surface area (Å²) in [5.41, 5.74) is -1.35. The minimum atomic E-state index is -1.35. The fourth-order valence-electron chi connectivity index (χ4n) is 3.46. The molecule has 1 rings (SSSR count). The molecule has 1 fully saturated rings. The Morgan fingerprint density at radius 1 is 0.794 bits per heavy atom. The van der Waals surface area contributed by atoms with E-state index in [0.29, 0.717) is 13.0 Å². The molecule has 1 aliphatic heterocycles. The van der Waals surface area contributed by atoms with Crippen LogP contribution in [0.3, 0.4) is 0 Å². The van der Waals surface area contributed by atoms with Crippen LogP contribution in [0, 0.1) is 0 Å². The van der Waals surface area contributed by atoms with Crippen LogP contribution in [-0.2, 0) is 42.9 Å². The number of hydrogen-bond acceptors (Lipinski definition) is 9. The van der Waals surface area contributed by atoms with E-state index in [9.17, 15) is 19.2 Å². The second-order valence-electron chi connectivity index (χ2n) is 8.71. The van der Waals surface area contributed by atoms with Gasteiger partial charge in [-0.15, -0.1) is 0 Å². The van der Waals surface area contributed by atoms with E-state index >= 15 is 0 Å². The largest absolute Gasteiger partial charge is 0.463 e. The minimum absolute atomic E-state index is 0.0399. The van der Waals surface area contributed by atoms with Crippen LogP contribution in [0.15, 0.2) is 0 Å². The lowest BCUT2D eigenvalue weighted by Gasteiger charge is -2.32. The van der Waals surface area contributed by atoms with Crippen molar-refractivity contribution in [3.05, 3.63) is 0 Å². The second kappa shape index (κ2) is 17.3. The van der Waals surface area contributed by atoms with Gasteiger partial charge in [0.15, 0.2) is 6.29 Å². The molecule has 0 aliphatic carbocycles. The number of esters is 3. The van der Waals surface area contributed by atoms with Crippen molar-refractivity contribution in [2.75, 3.05) is 33.0 Å². The van der Waals surface area contributed by atoms with Crippen molar-refractivity contribution in [1.29, 1.82) is 0 Å². The molecule has 0 aromatic rings. The molecule has 10 heteroatoms. The van der Waals surface area contributed by atoms with E-state index in [1.807, 2.05) is 0 Å². The first-order chi connectivity index (χ1) is 16.2. The summed E-state index contributed by atoms with van der Waals surface area (Å²) in [4.78, 5) is 46.5. The van der Waals surface area contributed by atoms with Crippen molar-refractivity contribution < 1.29 is 42.9 Å². The Hall–Kier alpha value is -2.20. The Bertz CT molecular complexity index is 586. The highest BCUT2D eigenvalue weighted by molar-refractivity contribution is 5.77. The molecule has 1 heterocycles. The fraction of sp³-hybridized carbons (Fsp3) is 0.833. The molecule has 0 saturated carbocycles. The minimum Gasteiger partial charge on any atom is -0.463 e. The van der Waals surface area contributed by atoms with Crippen molar-refractivity contribution >= 4 is 23.8 Å². The lowest BCUT2D eigenvalue weighted by atomic mass is 10.0. The van der Waals surface area contributed by atoms with Crippen LogP contribution in [0.2, 0.25) is 0 Å². The third kappa shape index (κ3) is 14.8. The molecule has 1 unspecified atom stereocenters. The van der Waals surface area contributed by atoms with Crippen LogP contribution in [0.5, 0.6) is 0 Å². The molecule has 0 radical (unpaired) electrons. The third-order valence-corrected chi connectivity index (χ3v) is 5.30. The molecular formula is C24H41NO9. The number of nitrogens with one attached hydrogen (secondary N) is 1. The zero-order chi connectivity index (χ0) is 25.2. The van der Waals surface area contributed by atoms with E-state index in [-0.39, 0.29) is 38.4 Å². The summed E-state index contributed by atoms with van der Waals surface area (Å²) in [5.74, 6) is -2.00. The molecule has 1 N–H and O–H groups in total. The van der Waals surface area contributed by atoms with Crippen LogP contribution in [0.4, 0.5) is 0 Å². The molecule has 0 spiro atoms. The summed E-state index contributed by atoms with van der Waals surface area (Å²) in [6.45, 7) is 4.30. The van der Waals surface area contributed by atoms with Gasteiger partial charge in [-0.1, -0.05) is 25.7 Å². The van der Waals surface area contributed by atoms with Gasteiger partial charge in [0.05, 0.1) is 0 Å². The van der Waals surface area contributed by atoms with Crippen LogP contribution in [-0.4, -0.2) is 68.7 Å². The molecule has 34 heavy (non-hydrogen) atoms. The normalized spacial score (nSPS) is 15.9. The summed E-state index contributed by atoms with van der Waals surface area (Å²) >= 11 is 0. The lowest BCUT2D eigenvalue weighted by molar-refractivity contribution is -0.162. The molecule has 196 valence electrons. The van der Waals surface area contributed by atoms with E-state index in [0.717, 1.165) is 58.0 Å². The Morgan fingerprint density at radius 3 is 1.82 bits per heavy atom. The van der Waals surface area contributed by atoms with Crippen LogP contribution < -0.4 is 5.32 Å². The monoisotopic (exact) mass is 487 g/mol. The Balaban J connectivity index is 2.33. The van der Waals surface area contributed by atoms with E-state index < -0.39 is 23.4 Å². The SMILES string of the molecule is CC(=O)OCC(COC(C)=O)(COC(C)=O)NC(=O)CCCCCCCCOC1CCCCO1. The van der Waals surface area contributed by atoms with Gasteiger partial charge in [-0.2, -0.15) is 0 Å². The van der Waals surface area contributed by atoms with Crippen molar-refractivity contribution in [3.8, 4) is 0 Å². The summed E-state index contributed by atoms with van der Waals surface area (Å²) in [7, 11) is 0. The van der Waals surface area contributed by atoms with Gasteiger partial charge < -0.3 is 29.0 Å². The van der Waals surface area contributed by atoms with Crippen molar-refractivity contribution in [3.63, 3.8) is 0 Å². The highest BCUT2D eigenvalue weighted by Gasteiger charge is 2.36. The Kier molecular flexibility index (Phi) is 15.1. The van der Waals surface area contributed by atoms with Crippen molar-refractivity contribution in [2.45, 2.75) is 96.8 Å².